The van der Waals surface area contributed by atoms with Crippen LogP contribution in [0, 0.1) is 5.82 Å². The van der Waals surface area contributed by atoms with Gasteiger partial charge in [-0.15, -0.1) is 0 Å². The molecule has 0 aromatic heterocycles. The Morgan fingerprint density at radius 2 is 1.58 bits per heavy atom. The Bertz CT molecular complexity index is 1320. The average Bonchev–Trinajstić information content (AvgIpc) is 2.89. The lowest BCUT2D eigenvalue weighted by Crippen LogP contribution is -2.53. The monoisotopic (exact) mass is 603 g/mol. The summed E-state index contributed by atoms with van der Waals surface area (Å²) in [5, 5.41) is 2.89. The molecule has 10 heteroatoms. The third-order valence-electron chi connectivity index (χ3n) is 5.88. The summed E-state index contributed by atoms with van der Waals surface area (Å²) in [5.41, 5.74) is 1.78. The molecule has 1 N–H and O–H groups in total. The van der Waals surface area contributed by atoms with Gasteiger partial charge >= 0.3 is 0 Å². The first-order chi connectivity index (χ1) is 18.1. The van der Waals surface area contributed by atoms with Crippen LogP contribution in [0.4, 0.5) is 10.1 Å². The van der Waals surface area contributed by atoms with Crippen molar-refractivity contribution in [1.82, 2.24) is 10.2 Å². The zero-order chi connectivity index (χ0) is 27.7. The molecule has 0 saturated heterocycles. The summed E-state index contributed by atoms with van der Waals surface area (Å²) < 4.78 is 40.7. The van der Waals surface area contributed by atoms with E-state index in [1.165, 1.54) is 17.0 Å². The summed E-state index contributed by atoms with van der Waals surface area (Å²) in [6, 6.07) is 20.7. The fourth-order valence-electron chi connectivity index (χ4n) is 3.93. The van der Waals surface area contributed by atoms with Crippen molar-refractivity contribution in [3.05, 3.63) is 100 Å². The summed E-state index contributed by atoms with van der Waals surface area (Å²) in [6.45, 7) is 1.91. The maximum Gasteiger partial charge on any atom is 0.244 e. The topological polar surface area (TPSA) is 86.8 Å². The number of amides is 2. The molecular formula is C28H31BrFN3O4S. The molecule has 202 valence electrons. The van der Waals surface area contributed by atoms with Crippen LogP contribution in [0.5, 0.6) is 0 Å². The van der Waals surface area contributed by atoms with Crippen molar-refractivity contribution in [3.63, 3.8) is 0 Å². The Morgan fingerprint density at radius 3 is 2.16 bits per heavy atom. The highest BCUT2D eigenvalue weighted by atomic mass is 79.9. The molecule has 1 atom stereocenters. The van der Waals surface area contributed by atoms with Crippen LogP contribution < -0.4 is 9.62 Å². The second-order valence-corrected chi connectivity index (χ2v) is 11.7. The number of halogens is 2. The number of hydrogen-bond donors (Lipinski definition) is 1. The van der Waals surface area contributed by atoms with Crippen molar-refractivity contribution in [3.8, 4) is 0 Å². The van der Waals surface area contributed by atoms with E-state index in [4.69, 9.17) is 0 Å². The maximum absolute atomic E-state index is 13.9. The van der Waals surface area contributed by atoms with Crippen molar-refractivity contribution < 1.29 is 22.4 Å². The van der Waals surface area contributed by atoms with Crippen molar-refractivity contribution in [1.29, 1.82) is 0 Å². The van der Waals surface area contributed by atoms with E-state index in [1.54, 1.807) is 0 Å². The van der Waals surface area contributed by atoms with Crippen LogP contribution in [-0.2, 0) is 32.6 Å². The van der Waals surface area contributed by atoms with Crippen LogP contribution in [0.25, 0.3) is 0 Å². The van der Waals surface area contributed by atoms with Crippen LogP contribution in [0.15, 0.2) is 83.3 Å². The minimum Gasteiger partial charge on any atom is -0.354 e. The number of nitrogens with zero attached hydrogens (tertiary/aromatic N) is 2. The second-order valence-electron chi connectivity index (χ2n) is 8.89. The molecule has 3 rings (SSSR count). The first-order valence-electron chi connectivity index (χ1n) is 12.2. The Balaban J connectivity index is 2.02. The molecule has 0 radical (unpaired) electrons. The van der Waals surface area contributed by atoms with E-state index in [9.17, 15) is 22.4 Å². The van der Waals surface area contributed by atoms with E-state index in [2.05, 4.69) is 21.2 Å². The van der Waals surface area contributed by atoms with E-state index in [0.29, 0.717) is 6.54 Å². The number of anilines is 1. The summed E-state index contributed by atoms with van der Waals surface area (Å²) >= 11 is 3.41. The smallest absolute Gasteiger partial charge is 0.244 e. The molecule has 2 amide bonds. The van der Waals surface area contributed by atoms with Crippen LogP contribution >= 0.6 is 15.9 Å². The lowest BCUT2D eigenvalue weighted by atomic mass is 10.0. The summed E-state index contributed by atoms with van der Waals surface area (Å²) in [4.78, 5) is 28.7. The Hall–Kier alpha value is -3.24. The van der Waals surface area contributed by atoms with Crippen molar-refractivity contribution in [2.75, 3.05) is 23.7 Å². The van der Waals surface area contributed by atoms with Crippen LogP contribution in [0.2, 0.25) is 0 Å². The van der Waals surface area contributed by atoms with Crippen LogP contribution in [0.1, 0.15) is 24.5 Å². The standard InChI is InChI=1S/C28H31BrFN3O4S/c1-3-17-31-28(35)26(18-21-7-5-4-6-8-21)32(19-22-9-11-23(29)12-10-22)27(34)20-33(38(2,36)37)25-15-13-24(30)14-16-25/h4-16,26H,3,17-20H2,1-2H3,(H,31,35)/t26-/m1/s1. The van der Waals surface area contributed by atoms with Crippen molar-refractivity contribution in [2.24, 2.45) is 0 Å². The molecule has 3 aromatic carbocycles. The molecule has 7 nitrogen and oxygen atoms in total. The molecule has 0 heterocycles. The third-order valence-corrected chi connectivity index (χ3v) is 7.55. The molecule has 0 unspecified atom stereocenters. The number of carbonyl (C=O) groups excluding carboxylic acids is 2. The first kappa shape index (κ1) is 29.3. The van der Waals surface area contributed by atoms with E-state index in [1.807, 2.05) is 61.5 Å². The quantitative estimate of drug-likeness (QED) is 0.330. The van der Waals surface area contributed by atoms with E-state index in [-0.39, 0.29) is 24.6 Å². The Labute approximate surface area is 231 Å². The normalized spacial score (nSPS) is 12.0. The van der Waals surface area contributed by atoms with Gasteiger partial charge in [0.2, 0.25) is 21.8 Å². The lowest BCUT2D eigenvalue weighted by molar-refractivity contribution is -0.140. The molecule has 0 spiro atoms. The van der Waals surface area contributed by atoms with Gasteiger partial charge < -0.3 is 10.2 Å². The fraction of sp³-hybridized carbons (Fsp3) is 0.286. The second kappa shape index (κ2) is 13.5. The predicted octanol–water partition coefficient (Wildman–Crippen LogP) is 4.52. The largest absolute Gasteiger partial charge is 0.354 e. The molecule has 0 saturated carbocycles. The van der Waals surface area contributed by atoms with E-state index >= 15 is 0 Å². The van der Waals surface area contributed by atoms with Gasteiger partial charge in [0.1, 0.15) is 18.4 Å². The van der Waals surface area contributed by atoms with Gasteiger partial charge in [0.05, 0.1) is 11.9 Å². The predicted molar refractivity (Wildman–Crippen MR) is 151 cm³/mol. The first-order valence-corrected chi connectivity index (χ1v) is 14.8. The van der Waals surface area contributed by atoms with E-state index < -0.39 is 34.3 Å². The Kier molecular flexibility index (Phi) is 10.4. The number of hydrogen-bond acceptors (Lipinski definition) is 4. The van der Waals surface area contributed by atoms with E-state index in [0.717, 1.165) is 44.7 Å². The van der Waals surface area contributed by atoms with Crippen molar-refractivity contribution >= 4 is 43.5 Å². The fourth-order valence-corrected chi connectivity index (χ4v) is 5.04. The molecule has 38 heavy (non-hydrogen) atoms. The SMILES string of the molecule is CCCNC(=O)[C@@H](Cc1ccccc1)N(Cc1ccc(Br)cc1)C(=O)CN(c1ccc(F)cc1)S(C)(=O)=O. The zero-order valence-corrected chi connectivity index (χ0v) is 23.7. The number of benzene rings is 3. The number of rotatable bonds is 12. The third kappa shape index (κ3) is 8.39. The van der Waals surface area contributed by atoms with Crippen LogP contribution in [-0.4, -0.2) is 50.5 Å². The maximum atomic E-state index is 13.9. The number of sulfonamides is 1. The van der Waals surface area contributed by atoms with Gasteiger partial charge in [-0.3, -0.25) is 13.9 Å². The van der Waals surface area contributed by atoms with Gasteiger partial charge in [-0.25, -0.2) is 12.8 Å². The minimum atomic E-state index is -3.90. The molecule has 0 aliphatic heterocycles. The van der Waals surface area contributed by atoms with Gasteiger partial charge in [0, 0.05) is 24.0 Å². The molecule has 0 fully saturated rings. The highest BCUT2D eigenvalue weighted by Gasteiger charge is 2.32. The van der Waals surface area contributed by atoms with Gasteiger partial charge in [0.15, 0.2) is 0 Å². The molecule has 0 aliphatic carbocycles. The molecule has 3 aromatic rings. The molecule has 0 aliphatic rings. The minimum absolute atomic E-state index is 0.0875. The summed E-state index contributed by atoms with van der Waals surface area (Å²) in [6.07, 6.45) is 1.95. The summed E-state index contributed by atoms with van der Waals surface area (Å²) in [5.74, 6) is -1.41. The van der Waals surface area contributed by atoms with Gasteiger partial charge in [-0.1, -0.05) is 65.3 Å². The summed E-state index contributed by atoms with van der Waals surface area (Å²) in [7, 11) is -3.90. The zero-order valence-electron chi connectivity index (χ0n) is 21.3. The van der Waals surface area contributed by atoms with Gasteiger partial charge in [0.25, 0.3) is 0 Å². The average molecular weight is 605 g/mol. The van der Waals surface area contributed by atoms with Gasteiger partial charge in [-0.05, 0) is 53.9 Å². The highest BCUT2D eigenvalue weighted by molar-refractivity contribution is 9.10. The number of nitrogens with one attached hydrogen (secondary N) is 1. The highest BCUT2D eigenvalue weighted by Crippen LogP contribution is 2.21. The van der Waals surface area contributed by atoms with Crippen LogP contribution in [0.3, 0.4) is 0 Å². The van der Waals surface area contributed by atoms with Gasteiger partial charge in [-0.2, -0.15) is 0 Å². The lowest BCUT2D eigenvalue weighted by Gasteiger charge is -2.33. The van der Waals surface area contributed by atoms with Crippen molar-refractivity contribution in [2.45, 2.75) is 32.4 Å². The molecule has 0 bridgehead atoms. The number of carbonyl (C=O) groups is 2. The molecular weight excluding hydrogens is 573 g/mol. The Morgan fingerprint density at radius 1 is 0.947 bits per heavy atom.